The standard InChI is InChI=1S/C29H23F3N4/c1-18-9-7-13-22(15-18)26-20(3)27(23-14-8-10-19(2)16-23)36(35-26)28-33-24(21-11-5-4-6-12-21)17-25(34-28)29(30,31)32/h4-17H,1-3H3. The second-order valence-corrected chi connectivity index (χ2v) is 8.78. The van der Waals surface area contributed by atoms with Gasteiger partial charge in [0.15, 0.2) is 5.69 Å². The predicted octanol–water partition coefficient (Wildman–Crippen LogP) is 7.61. The number of hydrogen-bond acceptors (Lipinski definition) is 3. The van der Waals surface area contributed by atoms with Crippen LogP contribution in [0.2, 0.25) is 0 Å². The Morgan fingerprint density at radius 1 is 0.667 bits per heavy atom. The summed E-state index contributed by atoms with van der Waals surface area (Å²) in [4.78, 5) is 8.49. The molecule has 0 amide bonds. The van der Waals surface area contributed by atoms with Gasteiger partial charge in [-0.05, 0) is 39.0 Å². The topological polar surface area (TPSA) is 43.6 Å². The lowest BCUT2D eigenvalue weighted by Crippen LogP contribution is -2.14. The van der Waals surface area contributed by atoms with Gasteiger partial charge in [-0.2, -0.15) is 23.0 Å². The Balaban J connectivity index is 1.81. The van der Waals surface area contributed by atoms with E-state index >= 15 is 0 Å². The average molecular weight is 485 g/mol. The van der Waals surface area contributed by atoms with Gasteiger partial charge < -0.3 is 0 Å². The van der Waals surface area contributed by atoms with Crippen LogP contribution in [0.3, 0.4) is 0 Å². The van der Waals surface area contributed by atoms with E-state index < -0.39 is 11.9 Å². The average Bonchev–Trinajstić information content (AvgIpc) is 3.21. The lowest BCUT2D eigenvalue weighted by molar-refractivity contribution is -0.141. The van der Waals surface area contributed by atoms with Gasteiger partial charge in [0.1, 0.15) is 0 Å². The maximum absolute atomic E-state index is 13.9. The molecular formula is C29H23F3N4. The minimum atomic E-state index is -4.65. The molecule has 0 fully saturated rings. The monoisotopic (exact) mass is 484 g/mol. The van der Waals surface area contributed by atoms with E-state index in [1.165, 1.54) is 4.68 Å². The number of benzene rings is 3. The molecule has 7 heteroatoms. The second kappa shape index (κ2) is 9.07. The molecule has 0 saturated heterocycles. The van der Waals surface area contributed by atoms with Crippen LogP contribution in [0.5, 0.6) is 0 Å². The number of rotatable bonds is 4. The molecule has 5 rings (SSSR count). The first kappa shape index (κ1) is 23.5. The van der Waals surface area contributed by atoms with E-state index in [0.29, 0.717) is 17.0 Å². The number of hydrogen-bond donors (Lipinski definition) is 0. The summed E-state index contributed by atoms with van der Waals surface area (Å²) in [6.45, 7) is 5.87. The molecule has 0 aliphatic carbocycles. The lowest BCUT2D eigenvalue weighted by Gasteiger charge is -2.13. The zero-order chi connectivity index (χ0) is 25.4. The fraction of sp³-hybridized carbons (Fsp3) is 0.138. The Bertz CT molecular complexity index is 1550. The number of aryl methyl sites for hydroxylation is 2. The molecule has 180 valence electrons. The molecule has 0 saturated carbocycles. The zero-order valence-corrected chi connectivity index (χ0v) is 20.0. The highest BCUT2D eigenvalue weighted by atomic mass is 19.4. The summed E-state index contributed by atoms with van der Waals surface area (Å²) in [5, 5.41) is 4.78. The van der Waals surface area contributed by atoms with Crippen LogP contribution < -0.4 is 0 Å². The van der Waals surface area contributed by atoms with E-state index in [1.54, 1.807) is 30.3 Å². The normalized spacial score (nSPS) is 11.6. The fourth-order valence-electron chi connectivity index (χ4n) is 4.27. The van der Waals surface area contributed by atoms with Gasteiger partial charge in [0.05, 0.1) is 17.1 Å². The quantitative estimate of drug-likeness (QED) is 0.264. The summed E-state index contributed by atoms with van der Waals surface area (Å²) in [7, 11) is 0. The van der Waals surface area contributed by atoms with Gasteiger partial charge >= 0.3 is 6.18 Å². The SMILES string of the molecule is Cc1cccc(-c2nn(-c3nc(-c4ccccc4)cc(C(F)(F)F)n3)c(-c3cccc(C)c3)c2C)c1. The van der Waals surface area contributed by atoms with Gasteiger partial charge in [-0.15, -0.1) is 0 Å². The van der Waals surface area contributed by atoms with Crippen molar-refractivity contribution in [2.45, 2.75) is 26.9 Å². The molecule has 36 heavy (non-hydrogen) atoms. The first-order valence-corrected chi connectivity index (χ1v) is 11.5. The molecule has 0 unspecified atom stereocenters. The van der Waals surface area contributed by atoms with E-state index in [-0.39, 0.29) is 11.6 Å². The van der Waals surface area contributed by atoms with Crippen LogP contribution in [0, 0.1) is 20.8 Å². The third-order valence-electron chi connectivity index (χ3n) is 5.97. The van der Waals surface area contributed by atoms with Crippen molar-refractivity contribution in [3.63, 3.8) is 0 Å². The molecule has 0 atom stereocenters. The molecule has 0 aliphatic rings. The van der Waals surface area contributed by atoms with Crippen molar-refractivity contribution in [1.82, 2.24) is 19.7 Å². The van der Waals surface area contributed by atoms with Gasteiger partial charge in [0.2, 0.25) is 0 Å². The van der Waals surface area contributed by atoms with Gasteiger partial charge in [-0.1, -0.05) is 77.9 Å². The van der Waals surface area contributed by atoms with Crippen molar-refractivity contribution < 1.29 is 13.2 Å². The van der Waals surface area contributed by atoms with Crippen molar-refractivity contribution in [2.75, 3.05) is 0 Å². The Morgan fingerprint density at radius 3 is 1.92 bits per heavy atom. The van der Waals surface area contributed by atoms with Crippen LogP contribution in [0.1, 0.15) is 22.4 Å². The highest BCUT2D eigenvalue weighted by Gasteiger charge is 2.34. The minimum Gasteiger partial charge on any atom is -0.211 e. The van der Waals surface area contributed by atoms with Crippen LogP contribution in [0.15, 0.2) is 84.9 Å². The summed E-state index contributed by atoms with van der Waals surface area (Å²) in [6, 6.07) is 25.4. The second-order valence-electron chi connectivity index (χ2n) is 8.78. The molecule has 0 aliphatic heterocycles. The zero-order valence-electron chi connectivity index (χ0n) is 20.0. The van der Waals surface area contributed by atoms with E-state index in [9.17, 15) is 13.2 Å². The van der Waals surface area contributed by atoms with Crippen LogP contribution in [-0.4, -0.2) is 19.7 Å². The largest absolute Gasteiger partial charge is 0.433 e. The van der Waals surface area contributed by atoms with Crippen LogP contribution >= 0.6 is 0 Å². The van der Waals surface area contributed by atoms with E-state index in [4.69, 9.17) is 5.10 Å². The molecule has 0 bridgehead atoms. The molecular weight excluding hydrogens is 461 g/mol. The molecule has 3 aromatic carbocycles. The maximum atomic E-state index is 13.9. The third-order valence-corrected chi connectivity index (χ3v) is 5.97. The number of aromatic nitrogens is 4. The molecule has 0 spiro atoms. The fourth-order valence-corrected chi connectivity index (χ4v) is 4.27. The van der Waals surface area contributed by atoms with Crippen molar-refractivity contribution in [3.05, 3.63) is 107 Å². The maximum Gasteiger partial charge on any atom is 0.433 e. The van der Waals surface area contributed by atoms with E-state index in [1.807, 2.05) is 69.3 Å². The smallest absolute Gasteiger partial charge is 0.211 e. The Kier molecular flexibility index (Phi) is 5.92. The highest BCUT2D eigenvalue weighted by Crippen LogP contribution is 2.36. The molecule has 2 aromatic heterocycles. The van der Waals surface area contributed by atoms with Gasteiger partial charge in [0, 0.05) is 22.3 Å². The van der Waals surface area contributed by atoms with Crippen LogP contribution in [0.25, 0.3) is 39.7 Å². The van der Waals surface area contributed by atoms with Crippen molar-refractivity contribution in [3.8, 4) is 39.7 Å². The predicted molar refractivity (Wildman–Crippen MR) is 135 cm³/mol. The van der Waals surface area contributed by atoms with E-state index in [0.717, 1.165) is 33.9 Å². The Labute approximate surface area is 207 Å². The first-order chi connectivity index (χ1) is 17.2. The van der Waals surface area contributed by atoms with Gasteiger partial charge in [-0.3, -0.25) is 0 Å². The van der Waals surface area contributed by atoms with Crippen LogP contribution in [0.4, 0.5) is 13.2 Å². The van der Waals surface area contributed by atoms with Gasteiger partial charge in [-0.25, -0.2) is 9.97 Å². The third kappa shape index (κ3) is 4.52. The molecule has 0 radical (unpaired) electrons. The Hall–Kier alpha value is -4.26. The molecule has 0 N–H and O–H groups in total. The van der Waals surface area contributed by atoms with E-state index in [2.05, 4.69) is 9.97 Å². The van der Waals surface area contributed by atoms with Gasteiger partial charge in [0.25, 0.3) is 5.95 Å². The summed E-state index contributed by atoms with van der Waals surface area (Å²) < 4.78 is 43.2. The minimum absolute atomic E-state index is 0.137. The molecule has 5 aromatic rings. The first-order valence-electron chi connectivity index (χ1n) is 11.5. The summed E-state index contributed by atoms with van der Waals surface area (Å²) >= 11 is 0. The summed E-state index contributed by atoms with van der Waals surface area (Å²) in [6.07, 6.45) is -4.65. The Morgan fingerprint density at radius 2 is 1.28 bits per heavy atom. The summed E-state index contributed by atoms with van der Waals surface area (Å²) in [5.74, 6) is -0.137. The van der Waals surface area contributed by atoms with Crippen molar-refractivity contribution in [2.24, 2.45) is 0 Å². The number of halogens is 3. The highest BCUT2D eigenvalue weighted by molar-refractivity contribution is 5.76. The number of nitrogens with zero attached hydrogens (tertiary/aromatic N) is 4. The molecule has 4 nitrogen and oxygen atoms in total. The van der Waals surface area contributed by atoms with Crippen LogP contribution in [-0.2, 0) is 6.18 Å². The lowest BCUT2D eigenvalue weighted by atomic mass is 10.0. The van der Waals surface area contributed by atoms with Crippen molar-refractivity contribution in [1.29, 1.82) is 0 Å². The number of alkyl halides is 3. The van der Waals surface area contributed by atoms with Crippen molar-refractivity contribution >= 4 is 0 Å². The summed E-state index contributed by atoms with van der Waals surface area (Å²) in [5.41, 5.74) is 5.62. The molecule has 2 heterocycles.